The lowest BCUT2D eigenvalue weighted by Crippen LogP contribution is -2.41. The van der Waals surface area contributed by atoms with Crippen molar-refractivity contribution in [2.75, 3.05) is 44.0 Å². The van der Waals surface area contributed by atoms with Crippen molar-refractivity contribution in [3.05, 3.63) is 71.1 Å². The molecule has 2 fully saturated rings. The van der Waals surface area contributed by atoms with Gasteiger partial charge in [0, 0.05) is 50.0 Å². The maximum atomic E-state index is 3.74. The summed E-state index contributed by atoms with van der Waals surface area (Å²) in [5.74, 6) is 0.959. The average molecular weight is 437 g/mol. The van der Waals surface area contributed by atoms with E-state index >= 15 is 0 Å². The van der Waals surface area contributed by atoms with Gasteiger partial charge in [0.25, 0.3) is 0 Å². The molecule has 4 rings (SSSR count). The second-order valence-corrected chi connectivity index (χ2v) is 9.43. The molecular weight excluding hydrogens is 400 g/mol. The molecule has 0 atom stereocenters. The van der Waals surface area contributed by atoms with Crippen LogP contribution < -0.4 is 15.5 Å². The molecule has 0 aromatic heterocycles. The molecule has 2 aromatic carbocycles. The fraction of sp³-hybridized carbons (Fsp3) is 0.462. The van der Waals surface area contributed by atoms with Gasteiger partial charge < -0.3 is 15.5 Å². The van der Waals surface area contributed by atoms with Gasteiger partial charge >= 0.3 is 0 Å². The van der Waals surface area contributed by atoms with E-state index in [1.54, 1.807) is 0 Å². The maximum absolute atomic E-state index is 3.74. The molecule has 0 saturated carbocycles. The lowest BCUT2D eigenvalue weighted by molar-refractivity contribution is 0.194. The molecule has 166 valence electrons. The fourth-order valence-electron chi connectivity index (χ4n) is 4.53. The van der Waals surface area contributed by atoms with Crippen molar-refractivity contribution in [1.82, 2.24) is 15.5 Å². The zero-order chi connectivity index (χ0) is 21.3. The fourth-order valence-corrected chi connectivity index (χ4v) is 5.36. The van der Waals surface area contributed by atoms with Crippen LogP contribution in [0.4, 0.5) is 5.69 Å². The van der Waals surface area contributed by atoms with Crippen LogP contribution in [0.15, 0.2) is 60.0 Å². The molecule has 2 aliphatic heterocycles. The van der Waals surface area contributed by atoms with E-state index in [9.17, 15) is 0 Å². The highest BCUT2D eigenvalue weighted by Crippen LogP contribution is 2.23. The van der Waals surface area contributed by atoms with E-state index in [2.05, 4.69) is 80.4 Å². The van der Waals surface area contributed by atoms with Crippen molar-refractivity contribution in [3.63, 3.8) is 0 Å². The van der Waals surface area contributed by atoms with Gasteiger partial charge in [0.05, 0.1) is 0 Å². The van der Waals surface area contributed by atoms with Crippen LogP contribution in [-0.2, 0) is 6.54 Å². The predicted octanol–water partition coefficient (Wildman–Crippen LogP) is 4.75. The molecular formula is C26H36N4S. The predicted molar refractivity (Wildman–Crippen MR) is 135 cm³/mol. The summed E-state index contributed by atoms with van der Waals surface area (Å²) in [6, 6.07) is 20.5. The number of hydrogen-bond acceptors (Lipinski definition) is 5. The topological polar surface area (TPSA) is 30.5 Å². The SMILES string of the molecule is CN/C(=C\SCNC1CCN(Cc2ccccc2)CC1)c1ccc(N2CCCC2)cc1. The van der Waals surface area contributed by atoms with E-state index < -0.39 is 0 Å². The largest absolute Gasteiger partial charge is 0.387 e. The van der Waals surface area contributed by atoms with E-state index in [0.29, 0.717) is 6.04 Å². The first-order chi connectivity index (χ1) is 15.3. The molecule has 0 spiro atoms. The number of benzene rings is 2. The van der Waals surface area contributed by atoms with Gasteiger partial charge in [0.15, 0.2) is 0 Å². The Labute approximate surface area is 192 Å². The van der Waals surface area contributed by atoms with Gasteiger partial charge in [-0.1, -0.05) is 42.5 Å². The molecule has 0 bridgehead atoms. The Morgan fingerprint density at radius 2 is 1.68 bits per heavy atom. The molecule has 31 heavy (non-hydrogen) atoms. The van der Waals surface area contributed by atoms with Crippen molar-refractivity contribution in [2.45, 2.75) is 38.3 Å². The summed E-state index contributed by atoms with van der Waals surface area (Å²) in [7, 11) is 2.01. The minimum absolute atomic E-state index is 0.630. The summed E-state index contributed by atoms with van der Waals surface area (Å²) < 4.78 is 0. The zero-order valence-electron chi connectivity index (χ0n) is 18.7. The molecule has 2 heterocycles. The van der Waals surface area contributed by atoms with Crippen molar-refractivity contribution in [3.8, 4) is 0 Å². The van der Waals surface area contributed by atoms with E-state index in [1.807, 2.05) is 18.8 Å². The molecule has 2 saturated heterocycles. The van der Waals surface area contributed by atoms with Gasteiger partial charge in [-0.15, -0.1) is 11.8 Å². The van der Waals surface area contributed by atoms with Crippen molar-refractivity contribution in [2.24, 2.45) is 0 Å². The van der Waals surface area contributed by atoms with Crippen LogP contribution in [0.25, 0.3) is 5.70 Å². The van der Waals surface area contributed by atoms with Crippen LogP contribution in [-0.4, -0.2) is 50.0 Å². The third-order valence-electron chi connectivity index (χ3n) is 6.41. The Morgan fingerprint density at radius 3 is 2.35 bits per heavy atom. The molecule has 2 N–H and O–H groups in total. The first kappa shape index (κ1) is 22.3. The van der Waals surface area contributed by atoms with Crippen LogP contribution in [0.2, 0.25) is 0 Å². The van der Waals surface area contributed by atoms with Crippen LogP contribution in [0, 0.1) is 0 Å². The molecule has 0 unspecified atom stereocenters. The van der Waals surface area contributed by atoms with Crippen LogP contribution >= 0.6 is 11.8 Å². The minimum atomic E-state index is 0.630. The Morgan fingerprint density at radius 1 is 0.968 bits per heavy atom. The van der Waals surface area contributed by atoms with Crippen molar-refractivity contribution < 1.29 is 0 Å². The van der Waals surface area contributed by atoms with Gasteiger partial charge in [0.1, 0.15) is 0 Å². The van der Waals surface area contributed by atoms with Crippen molar-refractivity contribution >= 4 is 23.1 Å². The van der Waals surface area contributed by atoms with Crippen LogP contribution in [0.1, 0.15) is 36.8 Å². The number of anilines is 1. The molecule has 2 aromatic rings. The lowest BCUT2D eigenvalue weighted by atomic mass is 10.0. The summed E-state index contributed by atoms with van der Waals surface area (Å²) >= 11 is 1.85. The number of hydrogen-bond donors (Lipinski definition) is 2. The summed E-state index contributed by atoms with van der Waals surface area (Å²) in [5.41, 5.74) is 5.22. The van der Waals surface area contributed by atoms with E-state index in [4.69, 9.17) is 0 Å². The highest BCUT2D eigenvalue weighted by atomic mass is 32.2. The van der Waals surface area contributed by atoms with E-state index in [0.717, 1.165) is 12.4 Å². The van der Waals surface area contributed by atoms with Gasteiger partial charge in [0.2, 0.25) is 0 Å². The lowest BCUT2D eigenvalue weighted by Gasteiger charge is -2.32. The van der Waals surface area contributed by atoms with Gasteiger partial charge in [-0.2, -0.15) is 0 Å². The van der Waals surface area contributed by atoms with Crippen molar-refractivity contribution in [1.29, 1.82) is 0 Å². The number of rotatable bonds is 9. The summed E-state index contributed by atoms with van der Waals surface area (Å²) in [6.07, 6.45) is 5.10. The van der Waals surface area contributed by atoms with Gasteiger partial charge in [-0.25, -0.2) is 0 Å². The number of piperidine rings is 1. The van der Waals surface area contributed by atoms with Gasteiger partial charge in [-0.05, 0) is 67.4 Å². The Balaban J connectivity index is 1.18. The molecule has 4 nitrogen and oxygen atoms in total. The first-order valence-corrected chi connectivity index (χ1v) is 12.7. The minimum Gasteiger partial charge on any atom is -0.387 e. The number of thioether (sulfide) groups is 1. The Hall–Kier alpha value is -1.95. The summed E-state index contributed by atoms with van der Waals surface area (Å²) in [4.78, 5) is 5.06. The van der Waals surface area contributed by atoms with E-state index in [-0.39, 0.29) is 0 Å². The summed E-state index contributed by atoms with van der Waals surface area (Å²) in [6.45, 7) is 5.82. The monoisotopic (exact) mass is 436 g/mol. The van der Waals surface area contributed by atoms with E-state index in [1.165, 1.54) is 74.4 Å². The van der Waals surface area contributed by atoms with Gasteiger partial charge in [-0.3, -0.25) is 4.90 Å². The zero-order valence-corrected chi connectivity index (χ0v) is 19.5. The molecule has 0 amide bonds. The average Bonchev–Trinajstić information content (AvgIpc) is 3.36. The second-order valence-electron chi connectivity index (χ2n) is 8.57. The normalized spacial score (nSPS) is 18.5. The third-order valence-corrected chi connectivity index (χ3v) is 7.15. The number of nitrogens with zero attached hydrogens (tertiary/aromatic N) is 2. The molecule has 0 radical (unpaired) electrons. The summed E-state index contributed by atoms with van der Waals surface area (Å²) in [5, 5.41) is 9.36. The maximum Gasteiger partial charge on any atom is 0.0475 e. The highest BCUT2D eigenvalue weighted by Gasteiger charge is 2.18. The smallest absolute Gasteiger partial charge is 0.0475 e. The second kappa shape index (κ2) is 11.6. The standard InChI is InChI=1S/C26H36N4S/c1-27-26(23-9-11-25(12-10-23)30-15-5-6-16-30)20-31-21-28-24-13-17-29(18-14-24)19-22-7-3-2-4-8-22/h2-4,7-12,20,24,27-28H,5-6,13-19,21H2,1H3/b26-20-. The number of likely N-dealkylation sites (tertiary alicyclic amines) is 1. The number of nitrogens with one attached hydrogen (secondary N) is 2. The third kappa shape index (κ3) is 6.52. The molecule has 5 heteroatoms. The van der Waals surface area contributed by atoms with Crippen LogP contribution in [0.5, 0.6) is 0 Å². The highest BCUT2D eigenvalue weighted by molar-refractivity contribution is 8.02. The molecule has 2 aliphatic rings. The van der Waals surface area contributed by atoms with Crippen LogP contribution in [0.3, 0.4) is 0 Å². The Bertz CT molecular complexity index is 807. The Kier molecular flexibility index (Phi) is 8.33. The molecule has 0 aliphatic carbocycles. The quantitative estimate of drug-likeness (QED) is 0.438. The first-order valence-electron chi connectivity index (χ1n) is 11.7.